The molecule has 0 aromatic heterocycles. The lowest BCUT2D eigenvalue weighted by molar-refractivity contribution is 0.248. The molecule has 0 aliphatic carbocycles. The molecule has 3 aromatic carbocycles. The van der Waals surface area contributed by atoms with Gasteiger partial charge in [-0.05, 0) is 60.9 Å². The van der Waals surface area contributed by atoms with Crippen molar-refractivity contribution in [2.24, 2.45) is 0 Å². The predicted octanol–water partition coefficient (Wildman–Crippen LogP) is 4.64. The Morgan fingerprint density at radius 2 is 1.70 bits per heavy atom. The highest BCUT2D eigenvalue weighted by atomic mass is 35.5. The van der Waals surface area contributed by atoms with Gasteiger partial charge in [-0.3, -0.25) is 4.90 Å². The minimum atomic E-state index is -3.69. The van der Waals surface area contributed by atoms with Crippen LogP contribution < -0.4 is 19.1 Å². The molecule has 1 N–H and O–H groups in total. The van der Waals surface area contributed by atoms with Crippen LogP contribution in [0.4, 0.5) is 5.69 Å². The Labute approximate surface area is 225 Å². The molecule has 4 rings (SSSR count). The summed E-state index contributed by atoms with van der Waals surface area (Å²) in [5.74, 6) is 1.21. The molecule has 0 bridgehead atoms. The topological polar surface area (TPSA) is 71.1 Å². The Morgan fingerprint density at radius 1 is 0.946 bits per heavy atom. The number of hydrogen-bond acceptors (Lipinski definition) is 6. The highest BCUT2D eigenvalue weighted by Crippen LogP contribution is 2.29. The van der Waals surface area contributed by atoms with E-state index >= 15 is 0 Å². The fourth-order valence-corrected chi connectivity index (χ4v) is 6.06. The number of nitrogens with zero attached hydrogens (tertiary/aromatic N) is 2. The number of hydrogen-bond donors (Lipinski definition) is 1. The van der Waals surface area contributed by atoms with Gasteiger partial charge in [0.05, 0.1) is 12.0 Å². The number of piperazine rings is 1. The molecule has 1 fully saturated rings. The second kappa shape index (κ2) is 12.2. The van der Waals surface area contributed by atoms with E-state index in [2.05, 4.69) is 45.7 Å². The van der Waals surface area contributed by atoms with E-state index in [0.717, 1.165) is 38.3 Å². The van der Waals surface area contributed by atoms with Crippen LogP contribution >= 0.6 is 11.6 Å². The van der Waals surface area contributed by atoms with Crippen LogP contribution in [0.3, 0.4) is 0 Å². The van der Waals surface area contributed by atoms with Crippen LogP contribution in [0.1, 0.15) is 16.7 Å². The number of aryl methyl sites for hydroxylation is 1. The van der Waals surface area contributed by atoms with Crippen molar-refractivity contribution < 1.29 is 17.9 Å². The van der Waals surface area contributed by atoms with Crippen molar-refractivity contribution in [3.05, 3.63) is 82.4 Å². The molecule has 3 aromatic rings. The van der Waals surface area contributed by atoms with Gasteiger partial charge in [-0.2, -0.15) is 0 Å². The van der Waals surface area contributed by atoms with E-state index in [1.165, 1.54) is 17.3 Å². The van der Waals surface area contributed by atoms with E-state index < -0.39 is 10.0 Å². The Kier molecular flexibility index (Phi) is 8.97. The Balaban J connectivity index is 1.32. The number of benzene rings is 3. The first kappa shape index (κ1) is 27.3. The molecule has 1 aliphatic heterocycles. The summed E-state index contributed by atoms with van der Waals surface area (Å²) in [4.78, 5) is 5.05. The summed E-state index contributed by atoms with van der Waals surface area (Å²) in [7, 11) is -2.10. The minimum absolute atomic E-state index is 0.114. The molecule has 1 saturated heterocycles. The molecule has 1 heterocycles. The van der Waals surface area contributed by atoms with Crippen molar-refractivity contribution in [2.45, 2.75) is 25.3 Å². The number of ether oxygens (including phenoxy) is 2. The smallest absolute Gasteiger partial charge is 0.240 e. The van der Waals surface area contributed by atoms with Crippen LogP contribution in [0.2, 0.25) is 5.02 Å². The summed E-state index contributed by atoms with van der Waals surface area (Å²) < 4.78 is 39.4. The SMILES string of the molecule is COc1ccc(CN2CCN(c3ccccc3C)CC2)cc1OCCNS(=O)(=O)c1cccc(Cl)c1C. The molecule has 7 nitrogen and oxygen atoms in total. The zero-order valence-corrected chi connectivity index (χ0v) is 23.1. The van der Waals surface area contributed by atoms with Crippen molar-refractivity contribution in [2.75, 3.05) is 51.3 Å². The summed E-state index contributed by atoms with van der Waals surface area (Å²) in [6.45, 7) is 8.84. The molecule has 0 amide bonds. The van der Waals surface area contributed by atoms with Crippen molar-refractivity contribution in [1.82, 2.24) is 9.62 Å². The first-order valence-corrected chi connectivity index (χ1v) is 14.2. The maximum Gasteiger partial charge on any atom is 0.240 e. The third-order valence-electron chi connectivity index (χ3n) is 6.62. The second-order valence-electron chi connectivity index (χ2n) is 9.14. The lowest BCUT2D eigenvalue weighted by atomic mass is 10.1. The quantitative estimate of drug-likeness (QED) is 0.375. The van der Waals surface area contributed by atoms with E-state index in [1.807, 2.05) is 18.2 Å². The average Bonchev–Trinajstić information content (AvgIpc) is 2.89. The molecule has 0 atom stereocenters. The zero-order chi connectivity index (χ0) is 26.4. The standard InChI is InChI=1S/C28H34ClN3O4S/c1-21-7-4-5-9-25(21)32-16-14-31(15-17-32)20-23-11-12-26(35-3)27(19-23)36-18-13-30-37(33,34)28-10-6-8-24(29)22(28)2/h4-12,19,30H,13-18,20H2,1-3H3. The molecule has 0 saturated carbocycles. The van der Waals surface area contributed by atoms with Crippen LogP contribution in [0.5, 0.6) is 11.5 Å². The van der Waals surface area contributed by atoms with Crippen LogP contribution in [0.25, 0.3) is 0 Å². The average molecular weight is 544 g/mol. The van der Waals surface area contributed by atoms with Gasteiger partial charge in [0.2, 0.25) is 10.0 Å². The molecule has 0 radical (unpaired) electrons. The second-order valence-corrected chi connectivity index (χ2v) is 11.3. The van der Waals surface area contributed by atoms with Gasteiger partial charge in [-0.25, -0.2) is 13.1 Å². The molecule has 9 heteroatoms. The van der Waals surface area contributed by atoms with Crippen molar-refractivity contribution in [3.8, 4) is 11.5 Å². The number of para-hydroxylation sites is 1. The Bertz CT molecular complexity index is 1320. The number of anilines is 1. The Hall–Kier alpha value is -2.78. The van der Waals surface area contributed by atoms with E-state index in [-0.39, 0.29) is 18.0 Å². The van der Waals surface area contributed by atoms with Gasteiger partial charge in [0.25, 0.3) is 0 Å². The third-order valence-corrected chi connectivity index (χ3v) is 8.64. The van der Waals surface area contributed by atoms with Crippen LogP contribution in [-0.4, -0.2) is 59.8 Å². The summed E-state index contributed by atoms with van der Waals surface area (Å²) in [5.41, 5.74) is 4.25. The lowest BCUT2D eigenvalue weighted by Gasteiger charge is -2.36. The van der Waals surface area contributed by atoms with Crippen LogP contribution in [0.15, 0.2) is 65.6 Å². The van der Waals surface area contributed by atoms with Crippen molar-refractivity contribution in [1.29, 1.82) is 0 Å². The largest absolute Gasteiger partial charge is 0.493 e. The molecular weight excluding hydrogens is 510 g/mol. The molecule has 1 aliphatic rings. The minimum Gasteiger partial charge on any atom is -0.493 e. The monoisotopic (exact) mass is 543 g/mol. The summed E-state index contributed by atoms with van der Waals surface area (Å²) in [6, 6.07) is 19.3. The highest BCUT2D eigenvalue weighted by Gasteiger charge is 2.20. The maximum absolute atomic E-state index is 12.7. The summed E-state index contributed by atoms with van der Waals surface area (Å²) >= 11 is 6.08. The Morgan fingerprint density at radius 3 is 2.43 bits per heavy atom. The van der Waals surface area contributed by atoms with Gasteiger partial charge in [-0.15, -0.1) is 0 Å². The number of rotatable bonds is 10. The van der Waals surface area contributed by atoms with Gasteiger partial charge < -0.3 is 14.4 Å². The van der Waals surface area contributed by atoms with Gasteiger partial charge in [-0.1, -0.05) is 41.9 Å². The fraction of sp³-hybridized carbons (Fsp3) is 0.357. The fourth-order valence-electron chi connectivity index (χ4n) is 4.55. The van der Waals surface area contributed by atoms with Crippen LogP contribution in [0, 0.1) is 13.8 Å². The first-order valence-electron chi connectivity index (χ1n) is 12.4. The maximum atomic E-state index is 12.7. The van der Waals surface area contributed by atoms with Crippen molar-refractivity contribution in [3.63, 3.8) is 0 Å². The van der Waals surface area contributed by atoms with E-state index in [9.17, 15) is 8.42 Å². The number of sulfonamides is 1. The van der Waals surface area contributed by atoms with Crippen LogP contribution in [-0.2, 0) is 16.6 Å². The summed E-state index contributed by atoms with van der Waals surface area (Å²) in [6.07, 6.45) is 0. The number of methoxy groups -OCH3 is 1. The number of halogens is 1. The molecule has 198 valence electrons. The van der Waals surface area contributed by atoms with Gasteiger partial charge in [0.15, 0.2) is 11.5 Å². The summed E-state index contributed by atoms with van der Waals surface area (Å²) in [5, 5.41) is 0.414. The van der Waals surface area contributed by atoms with E-state index in [1.54, 1.807) is 26.2 Å². The van der Waals surface area contributed by atoms with Gasteiger partial charge in [0.1, 0.15) is 6.61 Å². The van der Waals surface area contributed by atoms with Crippen molar-refractivity contribution >= 4 is 27.3 Å². The highest BCUT2D eigenvalue weighted by molar-refractivity contribution is 7.89. The zero-order valence-electron chi connectivity index (χ0n) is 21.5. The first-order chi connectivity index (χ1) is 17.8. The molecule has 37 heavy (non-hydrogen) atoms. The number of nitrogens with one attached hydrogen (secondary N) is 1. The molecule has 0 unspecified atom stereocenters. The third kappa shape index (κ3) is 6.76. The molecular formula is C28H34ClN3O4S. The van der Waals surface area contributed by atoms with Gasteiger partial charge in [0, 0.05) is 50.0 Å². The van der Waals surface area contributed by atoms with Gasteiger partial charge >= 0.3 is 0 Å². The lowest BCUT2D eigenvalue weighted by Crippen LogP contribution is -2.46. The normalized spacial score (nSPS) is 14.5. The van der Waals surface area contributed by atoms with E-state index in [4.69, 9.17) is 21.1 Å². The predicted molar refractivity (Wildman–Crippen MR) is 149 cm³/mol. The molecule has 0 spiro atoms. The van der Waals surface area contributed by atoms with E-state index in [0.29, 0.717) is 22.1 Å².